The van der Waals surface area contributed by atoms with Crippen LogP contribution in [0.25, 0.3) is 22.3 Å². The minimum absolute atomic E-state index is 0.623. The lowest BCUT2D eigenvalue weighted by Gasteiger charge is -2.12. The molecule has 4 rings (SSSR count). The zero-order valence-corrected chi connectivity index (χ0v) is 15.3. The SMILES string of the molecule is Clc1ccc(-c2ccccc2-c2ccc(Cc3ncn[nH]3)c(Cl)c2)cc1. The van der Waals surface area contributed by atoms with Crippen LogP contribution in [0, 0.1) is 0 Å². The quantitative estimate of drug-likeness (QED) is 0.469. The van der Waals surface area contributed by atoms with Crippen LogP contribution in [0.3, 0.4) is 0 Å². The van der Waals surface area contributed by atoms with Crippen molar-refractivity contribution in [2.75, 3.05) is 0 Å². The Bertz CT molecular complexity index is 1030. The Morgan fingerprint density at radius 1 is 0.808 bits per heavy atom. The smallest absolute Gasteiger partial charge is 0.137 e. The molecule has 0 fully saturated rings. The molecule has 1 aromatic heterocycles. The van der Waals surface area contributed by atoms with Gasteiger partial charge in [0.15, 0.2) is 0 Å². The maximum absolute atomic E-state index is 6.54. The monoisotopic (exact) mass is 379 g/mol. The van der Waals surface area contributed by atoms with E-state index in [1.54, 1.807) is 0 Å². The van der Waals surface area contributed by atoms with Crippen LogP contribution >= 0.6 is 23.2 Å². The first-order chi connectivity index (χ1) is 12.7. The molecule has 0 radical (unpaired) electrons. The van der Waals surface area contributed by atoms with Crippen LogP contribution in [0.1, 0.15) is 11.4 Å². The minimum atomic E-state index is 0.623. The van der Waals surface area contributed by atoms with E-state index >= 15 is 0 Å². The molecular weight excluding hydrogens is 365 g/mol. The lowest BCUT2D eigenvalue weighted by molar-refractivity contribution is 0.972. The summed E-state index contributed by atoms with van der Waals surface area (Å²) in [7, 11) is 0. The first-order valence-electron chi connectivity index (χ1n) is 8.19. The van der Waals surface area contributed by atoms with Gasteiger partial charge in [0.1, 0.15) is 12.2 Å². The van der Waals surface area contributed by atoms with Gasteiger partial charge >= 0.3 is 0 Å². The molecular formula is C21H15Cl2N3. The average Bonchev–Trinajstić information content (AvgIpc) is 3.17. The van der Waals surface area contributed by atoms with Crippen molar-refractivity contribution in [3.63, 3.8) is 0 Å². The van der Waals surface area contributed by atoms with Crippen molar-refractivity contribution in [3.05, 3.63) is 94.5 Å². The van der Waals surface area contributed by atoms with Gasteiger partial charge in [-0.15, -0.1) is 0 Å². The van der Waals surface area contributed by atoms with Crippen LogP contribution in [0.4, 0.5) is 0 Å². The highest BCUT2D eigenvalue weighted by atomic mass is 35.5. The van der Waals surface area contributed by atoms with Crippen LogP contribution < -0.4 is 0 Å². The van der Waals surface area contributed by atoms with Gasteiger partial charge in [-0.25, -0.2) is 4.98 Å². The fraction of sp³-hybridized carbons (Fsp3) is 0.0476. The van der Waals surface area contributed by atoms with Crippen LogP contribution in [-0.2, 0) is 6.42 Å². The summed E-state index contributed by atoms with van der Waals surface area (Å²) in [6, 6.07) is 22.3. The number of hydrogen-bond donors (Lipinski definition) is 1. The van der Waals surface area contributed by atoms with Crippen molar-refractivity contribution in [2.24, 2.45) is 0 Å². The number of rotatable bonds is 4. The minimum Gasteiger partial charge on any atom is -0.263 e. The molecule has 0 saturated carbocycles. The van der Waals surface area contributed by atoms with Crippen LogP contribution in [0.15, 0.2) is 73.1 Å². The standard InChI is InChI=1S/C21H15Cl2N3/c22-17-9-7-14(8-10-17)18-3-1-2-4-19(18)15-5-6-16(20(23)11-15)12-21-24-13-25-26-21/h1-11,13H,12H2,(H,24,25,26). The average molecular weight is 380 g/mol. The van der Waals surface area contributed by atoms with Gasteiger partial charge in [0.25, 0.3) is 0 Å². The first kappa shape index (κ1) is 16.8. The Labute approximate surface area is 161 Å². The predicted octanol–water partition coefficient (Wildman–Crippen LogP) is 6.04. The second-order valence-electron chi connectivity index (χ2n) is 5.97. The summed E-state index contributed by atoms with van der Waals surface area (Å²) >= 11 is 12.6. The number of nitrogens with one attached hydrogen (secondary N) is 1. The Kier molecular flexibility index (Phi) is 4.74. The van der Waals surface area contributed by atoms with Gasteiger partial charge in [-0.1, -0.05) is 71.7 Å². The third kappa shape index (κ3) is 3.50. The summed E-state index contributed by atoms with van der Waals surface area (Å²) in [5.74, 6) is 0.793. The van der Waals surface area contributed by atoms with Crippen molar-refractivity contribution in [3.8, 4) is 22.3 Å². The molecule has 0 bridgehead atoms. The molecule has 0 amide bonds. The number of benzene rings is 3. The van der Waals surface area contributed by atoms with E-state index in [2.05, 4.69) is 33.4 Å². The highest BCUT2D eigenvalue weighted by molar-refractivity contribution is 6.31. The van der Waals surface area contributed by atoms with E-state index in [1.807, 2.05) is 48.5 Å². The van der Waals surface area contributed by atoms with Crippen molar-refractivity contribution in [2.45, 2.75) is 6.42 Å². The van der Waals surface area contributed by atoms with Gasteiger partial charge in [-0.3, -0.25) is 5.10 Å². The second kappa shape index (κ2) is 7.32. The molecule has 4 aromatic rings. The zero-order chi connectivity index (χ0) is 17.9. The first-order valence-corrected chi connectivity index (χ1v) is 8.94. The summed E-state index contributed by atoms with van der Waals surface area (Å²) in [4.78, 5) is 4.16. The molecule has 0 aliphatic carbocycles. The number of halogens is 2. The molecule has 0 saturated heterocycles. The lowest BCUT2D eigenvalue weighted by atomic mass is 9.94. The molecule has 0 spiro atoms. The maximum atomic E-state index is 6.54. The largest absolute Gasteiger partial charge is 0.263 e. The molecule has 0 unspecified atom stereocenters. The second-order valence-corrected chi connectivity index (χ2v) is 6.81. The van der Waals surface area contributed by atoms with Gasteiger partial charge in [0.2, 0.25) is 0 Å². The molecule has 26 heavy (non-hydrogen) atoms. The highest BCUT2D eigenvalue weighted by Gasteiger charge is 2.10. The number of aromatic amines is 1. The van der Waals surface area contributed by atoms with E-state index < -0.39 is 0 Å². The van der Waals surface area contributed by atoms with Crippen molar-refractivity contribution >= 4 is 23.2 Å². The van der Waals surface area contributed by atoms with E-state index in [4.69, 9.17) is 23.2 Å². The lowest BCUT2D eigenvalue weighted by Crippen LogP contribution is -1.93. The molecule has 5 heteroatoms. The molecule has 3 nitrogen and oxygen atoms in total. The summed E-state index contributed by atoms with van der Waals surface area (Å²) < 4.78 is 0. The summed E-state index contributed by atoms with van der Waals surface area (Å²) in [6.07, 6.45) is 2.12. The number of hydrogen-bond acceptors (Lipinski definition) is 2. The Morgan fingerprint density at radius 2 is 1.50 bits per heavy atom. The summed E-state index contributed by atoms with van der Waals surface area (Å²) in [5.41, 5.74) is 5.47. The van der Waals surface area contributed by atoms with Crippen LogP contribution in [0.2, 0.25) is 10.0 Å². The number of aromatic nitrogens is 3. The molecule has 0 atom stereocenters. The molecule has 1 heterocycles. The van der Waals surface area contributed by atoms with Crippen molar-refractivity contribution in [1.29, 1.82) is 0 Å². The normalized spacial score (nSPS) is 10.8. The van der Waals surface area contributed by atoms with Gasteiger partial charge < -0.3 is 0 Å². The van der Waals surface area contributed by atoms with E-state index in [0.717, 1.165) is 38.7 Å². The van der Waals surface area contributed by atoms with Crippen molar-refractivity contribution in [1.82, 2.24) is 15.2 Å². The summed E-state index contributed by atoms with van der Waals surface area (Å²) in [5, 5.41) is 8.18. The van der Waals surface area contributed by atoms with Gasteiger partial charge in [-0.2, -0.15) is 5.10 Å². The number of H-pyrrole nitrogens is 1. The molecule has 3 aromatic carbocycles. The van der Waals surface area contributed by atoms with E-state index in [9.17, 15) is 0 Å². The van der Waals surface area contributed by atoms with Crippen LogP contribution in [-0.4, -0.2) is 15.2 Å². The Morgan fingerprint density at radius 3 is 2.15 bits per heavy atom. The Balaban J connectivity index is 1.72. The highest BCUT2D eigenvalue weighted by Crippen LogP contribution is 2.34. The molecule has 0 aliphatic heterocycles. The van der Waals surface area contributed by atoms with Gasteiger partial charge in [-0.05, 0) is 46.0 Å². The van der Waals surface area contributed by atoms with E-state index in [0.29, 0.717) is 11.4 Å². The number of nitrogens with zero attached hydrogens (tertiary/aromatic N) is 2. The van der Waals surface area contributed by atoms with E-state index in [-0.39, 0.29) is 0 Å². The molecule has 0 aliphatic rings. The maximum Gasteiger partial charge on any atom is 0.137 e. The van der Waals surface area contributed by atoms with E-state index in [1.165, 1.54) is 6.33 Å². The molecule has 128 valence electrons. The van der Waals surface area contributed by atoms with Crippen molar-refractivity contribution < 1.29 is 0 Å². The topological polar surface area (TPSA) is 41.6 Å². The van der Waals surface area contributed by atoms with Gasteiger partial charge in [0, 0.05) is 16.5 Å². The summed E-state index contributed by atoms with van der Waals surface area (Å²) in [6.45, 7) is 0. The Hall–Kier alpha value is -2.62. The third-order valence-electron chi connectivity index (χ3n) is 4.27. The molecule has 1 N–H and O–H groups in total. The predicted molar refractivity (Wildman–Crippen MR) is 107 cm³/mol. The van der Waals surface area contributed by atoms with Crippen LogP contribution in [0.5, 0.6) is 0 Å². The zero-order valence-electron chi connectivity index (χ0n) is 13.8. The fourth-order valence-corrected chi connectivity index (χ4v) is 3.34. The third-order valence-corrected chi connectivity index (χ3v) is 4.87. The van der Waals surface area contributed by atoms with Gasteiger partial charge in [0.05, 0.1) is 0 Å². The fourth-order valence-electron chi connectivity index (χ4n) is 2.97.